The van der Waals surface area contributed by atoms with Crippen LogP contribution in [0.2, 0.25) is 0 Å². The van der Waals surface area contributed by atoms with E-state index in [-0.39, 0.29) is 27.2 Å². The third-order valence-electron chi connectivity index (χ3n) is 10.2. The van der Waals surface area contributed by atoms with Crippen molar-refractivity contribution in [1.82, 2.24) is 9.97 Å². The standard InChI is InChI=1S/C38H34N2O4P2.C14H16N2.2ClH.Ru/c1-41-33-25-31(45(27-17-9-5-10-18-27)28-19-11-6-12-20-28)35(37(39-33)43-3)36-32(26-34(42-2)40-38(36)44-4)46(29-21-13-7-14-22-29)30-23-15-8-16-24-30;15-13(11-7-3-1-4-8-11)14(16)12-9-5-2-6-10-12;;;/h5-26H,1-4H3;1-10,13-14H,15-16H2;2*1H;/q;;;;+4/p-2. The van der Waals surface area contributed by atoms with Crippen LogP contribution >= 0.6 is 35.2 Å². The predicted molar refractivity (Wildman–Crippen MR) is 270 cm³/mol. The molecule has 0 aliphatic rings. The number of ether oxygens (including phenoxy) is 4. The Morgan fingerprint density at radius 1 is 0.415 bits per heavy atom. The number of hydrogen-bond acceptors (Lipinski definition) is 8. The van der Waals surface area contributed by atoms with Crippen LogP contribution in [0.3, 0.4) is 0 Å². The maximum absolute atomic E-state index is 6.15. The van der Waals surface area contributed by atoms with E-state index < -0.39 is 15.8 Å². The molecule has 0 fully saturated rings. The van der Waals surface area contributed by atoms with Gasteiger partial charge in [0, 0.05) is 34.8 Å². The number of halogens is 2. The van der Waals surface area contributed by atoms with Crippen molar-refractivity contribution >= 4 is 67.1 Å². The molecule has 2 unspecified atom stereocenters. The van der Waals surface area contributed by atoms with E-state index >= 15 is 0 Å². The zero-order valence-corrected chi connectivity index (χ0v) is 41.4. The third-order valence-corrected chi connectivity index (χ3v) is 15.2. The molecule has 8 aromatic rings. The number of aromatic nitrogens is 2. The fourth-order valence-electron chi connectivity index (χ4n) is 7.23. The first-order valence-corrected chi connectivity index (χ1v) is 27.6. The zero-order chi connectivity index (χ0) is 46.0. The van der Waals surface area contributed by atoms with Crippen LogP contribution in [0.5, 0.6) is 23.5 Å². The van der Waals surface area contributed by atoms with Gasteiger partial charge in [-0.05, 0) is 48.2 Å². The maximum atomic E-state index is 6.15. The normalized spacial score (nSPS) is 11.6. The van der Waals surface area contributed by atoms with Crippen molar-refractivity contribution in [2.75, 3.05) is 28.4 Å². The molecule has 0 spiro atoms. The Morgan fingerprint density at radius 3 is 0.892 bits per heavy atom. The van der Waals surface area contributed by atoms with Gasteiger partial charge in [-0.15, -0.1) is 0 Å². The predicted octanol–water partition coefficient (Wildman–Crippen LogP) is 9.46. The van der Waals surface area contributed by atoms with Crippen molar-refractivity contribution in [2.45, 2.75) is 12.1 Å². The average molecular weight is 1030 g/mol. The number of pyridine rings is 2. The van der Waals surface area contributed by atoms with Crippen molar-refractivity contribution in [3.05, 3.63) is 205 Å². The first-order valence-electron chi connectivity index (χ1n) is 20.4. The molecule has 0 aliphatic carbocycles. The molecule has 4 N–H and O–H groups in total. The molecule has 0 aliphatic heterocycles. The van der Waals surface area contributed by atoms with Crippen molar-refractivity contribution in [3.8, 4) is 34.6 Å². The van der Waals surface area contributed by atoms with Gasteiger partial charge in [-0.25, -0.2) is 0 Å². The summed E-state index contributed by atoms with van der Waals surface area (Å²) in [5.41, 5.74) is 16.0. The van der Waals surface area contributed by atoms with Crippen LogP contribution in [0.1, 0.15) is 23.2 Å². The molecule has 65 heavy (non-hydrogen) atoms. The van der Waals surface area contributed by atoms with Crippen LogP contribution in [0.25, 0.3) is 11.1 Å². The molecule has 0 bridgehead atoms. The van der Waals surface area contributed by atoms with E-state index in [0.29, 0.717) is 23.5 Å². The van der Waals surface area contributed by atoms with Crippen LogP contribution in [0.15, 0.2) is 194 Å². The summed E-state index contributed by atoms with van der Waals surface area (Å²) >= 11 is -0.346. The van der Waals surface area contributed by atoms with Gasteiger partial charge in [0.2, 0.25) is 23.5 Å². The summed E-state index contributed by atoms with van der Waals surface area (Å²) in [7, 11) is 14.0. The molecule has 332 valence electrons. The quantitative estimate of drug-likeness (QED) is 0.0819. The summed E-state index contributed by atoms with van der Waals surface area (Å²) in [5, 5.41) is 6.73. The van der Waals surface area contributed by atoms with Crippen LogP contribution < -0.4 is 62.2 Å². The van der Waals surface area contributed by atoms with Gasteiger partial charge in [-0.2, -0.15) is 9.97 Å². The molecule has 13 heteroatoms. The second kappa shape index (κ2) is 25.5. The Balaban J connectivity index is 0.000000306. The summed E-state index contributed by atoms with van der Waals surface area (Å²) in [6.45, 7) is 0. The molecule has 2 aromatic heterocycles. The van der Waals surface area contributed by atoms with Gasteiger partial charge in [0.25, 0.3) is 0 Å². The Labute approximate surface area is 400 Å². The van der Waals surface area contributed by atoms with Gasteiger partial charge in [-0.1, -0.05) is 182 Å². The monoisotopic (exact) mass is 1030 g/mol. The van der Waals surface area contributed by atoms with E-state index in [1.807, 2.05) is 97.1 Å². The molecule has 8 nitrogen and oxygen atoms in total. The Hall–Kier alpha value is -5.20. The number of rotatable bonds is 14. The number of benzene rings is 6. The molecule has 2 atom stereocenters. The van der Waals surface area contributed by atoms with Crippen molar-refractivity contribution in [2.24, 2.45) is 11.5 Å². The van der Waals surface area contributed by atoms with Gasteiger partial charge < -0.3 is 30.4 Å². The van der Waals surface area contributed by atoms with E-state index in [0.717, 1.165) is 32.9 Å². The summed E-state index contributed by atoms with van der Waals surface area (Å²) in [6.07, 6.45) is 0. The number of nitrogens with zero attached hydrogens (tertiary/aromatic N) is 2. The average Bonchev–Trinajstić information content (AvgIpc) is 3.38. The fraction of sp³-hybridized carbons (Fsp3) is 0.115. The first-order chi connectivity index (χ1) is 31.9. The van der Waals surface area contributed by atoms with Gasteiger partial charge in [0.05, 0.1) is 39.6 Å². The molecule has 0 radical (unpaired) electrons. The van der Waals surface area contributed by atoms with Gasteiger partial charge in [0.1, 0.15) is 0 Å². The van der Waals surface area contributed by atoms with E-state index in [9.17, 15) is 0 Å². The van der Waals surface area contributed by atoms with Crippen LogP contribution in [0, 0.1) is 0 Å². The molecular weight excluding hydrogens is 979 g/mol. The van der Waals surface area contributed by atoms with Crippen molar-refractivity contribution in [1.29, 1.82) is 0 Å². The number of hydrogen-bond donors (Lipinski definition) is 2. The van der Waals surface area contributed by atoms with Crippen molar-refractivity contribution in [3.63, 3.8) is 0 Å². The topological polar surface area (TPSA) is 115 Å². The minimum atomic E-state index is -1.11. The molecule has 2 heterocycles. The second-order valence-electron chi connectivity index (χ2n) is 14.1. The Kier molecular flexibility index (Phi) is 19.3. The van der Waals surface area contributed by atoms with Crippen LogP contribution in [-0.4, -0.2) is 38.4 Å². The van der Waals surface area contributed by atoms with Crippen LogP contribution in [0.4, 0.5) is 0 Å². The SMILES string of the molecule is COc1cc(P(c2ccccc2)c2ccccc2)c(-c2c(P(c3ccccc3)c3ccccc3)cc(OC)nc2OC)c(OC)n1.NC(c1ccccc1)C(N)c1ccccc1.[Cl][Ru+2][Cl]. The number of nitrogens with two attached hydrogens (primary N) is 2. The van der Waals surface area contributed by atoms with Gasteiger partial charge in [0.15, 0.2) is 0 Å². The molecule has 0 saturated carbocycles. The summed E-state index contributed by atoms with van der Waals surface area (Å²) in [5.74, 6) is 1.78. The summed E-state index contributed by atoms with van der Waals surface area (Å²) < 4.78 is 23.8. The third kappa shape index (κ3) is 12.6. The Bertz CT molecular complexity index is 2390. The minimum absolute atomic E-state index is 0.163. The molecule has 8 rings (SSSR count). The Morgan fingerprint density at radius 2 is 0.662 bits per heavy atom. The van der Waals surface area contributed by atoms with E-state index in [1.165, 1.54) is 21.2 Å². The van der Waals surface area contributed by atoms with E-state index in [4.69, 9.17) is 59.8 Å². The zero-order valence-electron chi connectivity index (χ0n) is 36.3. The second-order valence-corrected chi connectivity index (χ2v) is 21.1. The summed E-state index contributed by atoms with van der Waals surface area (Å²) in [4.78, 5) is 9.68. The molecule has 6 aromatic carbocycles. The first kappa shape index (κ1) is 49.2. The van der Waals surface area contributed by atoms with Crippen LogP contribution in [-0.2, 0) is 15.1 Å². The van der Waals surface area contributed by atoms with Crippen molar-refractivity contribution < 1.29 is 34.1 Å². The molecule has 0 amide bonds. The molecule has 0 saturated heterocycles. The number of methoxy groups -OCH3 is 4. The molecular formula is C52H50Cl2N4O4P2Ru+2. The van der Waals surface area contributed by atoms with E-state index in [1.54, 1.807) is 28.4 Å². The van der Waals surface area contributed by atoms with E-state index in [2.05, 4.69) is 97.1 Å². The van der Waals surface area contributed by atoms with Gasteiger partial charge in [-0.3, -0.25) is 0 Å². The fourth-order valence-corrected chi connectivity index (χ4v) is 12.2. The van der Waals surface area contributed by atoms with Gasteiger partial charge >= 0.3 is 34.5 Å². The summed E-state index contributed by atoms with van der Waals surface area (Å²) in [6, 6.07) is 65.8.